The van der Waals surface area contributed by atoms with Gasteiger partial charge < -0.3 is 4.90 Å². The van der Waals surface area contributed by atoms with Crippen molar-refractivity contribution in [2.24, 2.45) is 0 Å². The Morgan fingerprint density at radius 3 is 2.45 bits per heavy atom. The first-order valence-electron chi connectivity index (χ1n) is 9.98. The molecule has 0 bridgehead atoms. The highest BCUT2D eigenvalue weighted by Gasteiger charge is 2.31. The van der Waals surface area contributed by atoms with Gasteiger partial charge in [-0.3, -0.25) is 0 Å². The highest BCUT2D eigenvalue weighted by Crippen LogP contribution is 2.37. The van der Waals surface area contributed by atoms with E-state index in [0.717, 1.165) is 10.8 Å². The van der Waals surface area contributed by atoms with E-state index in [1.54, 1.807) is 12.1 Å². The summed E-state index contributed by atoms with van der Waals surface area (Å²) >= 11 is 0. The summed E-state index contributed by atoms with van der Waals surface area (Å²) in [6, 6.07) is 16.1. The molecule has 1 aliphatic rings. The molecule has 0 N–H and O–H groups in total. The van der Waals surface area contributed by atoms with E-state index in [-0.39, 0.29) is 21.4 Å². The zero-order chi connectivity index (χ0) is 21.8. The summed E-state index contributed by atoms with van der Waals surface area (Å²) < 4.78 is 58.4. The standard InChI is InChI=1S/C24H20F2N2O2S/c1-27-13-11-17(12-14-27)22-23-20(25)7-4-8-21(23)28(24(22)26)31(29,30)19-10-9-16-5-2-3-6-18(16)15-19/h2-11,15H,12-14H2,1H3. The zero-order valence-corrected chi connectivity index (χ0v) is 17.7. The summed E-state index contributed by atoms with van der Waals surface area (Å²) in [7, 11) is -2.35. The summed E-state index contributed by atoms with van der Waals surface area (Å²) in [4.78, 5) is 2.01. The largest absolute Gasteiger partial charge is 0.302 e. The molecule has 5 rings (SSSR count). The quantitative estimate of drug-likeness (QED) is 0.451. The highest BCUT2D eigenvalue weighted by atomic mass is 32.2. The van der Waals surface area contributed by atoms with Gasteiger partial charge in [0.15, 0.2) is 0 Å². The zero-order valence-electron chi connectivity index (χ0n) is 16.8. The molecule has 4 nitrogen and oxygen atoms in total. The van der Waals surface area contributed by atoms with Crippen LogP contribution in [0.1, 0.15) is 12.0 Å². The Balaban J connectivity index is 1.78. The lowest BCUT2D eigenvalue weighted by Crippen LogP contribution is -2.24. The van der Waals surface area contributed by atoms with Crippen molar-refractivity contribution >= 4 is 37.3 Å². The number of aromatic nitrogens is 1. The molecule has 4 aromatic rings. The van der Waals surface area contributed by atoms with Crippen LogP contribution in [0.15, 0.2) is 71.6 Å². The molecule has 0 saturated carbocycles. The molecule has 0 saturated heterocycles. The van der Waals surface area contributed by atoms with Gasteiger partial charge >= 0.3 is 0 Å². The fraction of sp³-hybridized carbons (Fsp3) is 0.167. The van der Waals surface area contributed by atoms with Gasteiger partial charge in [-0.05, 0) is 54.1 Å². The van der Waals surface area contributed by atoms with Gasteiger partial charge in [0.25, 0.3) is 10.0 Å². The van der Waals surface area contributed by atoms with E-state index >= 15 is 4.39 Å². The van der Waals surface area contributed by atoms with Crippen molar-refractivity contribution in [3.8, 4) is 0 Å². The monoisotopic (exact) mass is 438 g/mol. The minimum atomic E-state index is -4.30. The van der Waals surface area contributed by atoms with Crippen LogP contribution in [0.5, 0.6) is 0 Å². The SMILES string of the molecule is CN1CC=C(c2c(F)n(S(=O)(=O)c3ccc4ccccc4c3)c3cccc(F)c23)CC1. The Labute approximate surface area is 179 Å². The van der Waals surface area contributed by atoms with Gasteiger partial charge in [-0.2, -0.15) is 4.39 Å². The average Bonchev–Trinajstić information content (AvgIpc) is 3.08. The van der Waals surface area contributed by atoms with Gasteiger partial charge in [0.05, 0.1) is 10.4 Å². The molecule has 0 fully saturated rings. The van der Waals surface area contributed by atoms with E-state index in [1.807, 2.05) is 31.3 Å². The Hall–Kier alpha value is -3.03. The number of likely N-dealkylation sites (N-methyl/N-ethyl adjacent to an activating group) is 1. The van der Waals surface area contributed by atoms with Gasteiger partial charge in [0.2, 0.25) is 5.95 Å². The maximum atomic E-state index is 15.8. The summed E-state index contributed by atoms with van der Waals surface area (Å²) in [6.45, 7) is 1.27. The molecule has 0 spiro atoms. The molecular weight excluding hydrogens is 418 g/mol. The van der Waals surface area contributed by atoms with Crippen LogP contribution < -0.4 is 0 Å². The summed E-state index contributed by atoms with van der Waals surface area (Å²) in [5.41, 5.74) is 0.657. The van der Waals surface area contributed by atoms with E-state index in [2.05, 4.69) is 4.90 Å². The number of halogens is 2. The maximum absolute atomic E-state index is 15.8. The molecule has 0 amide bonds. The molecule has 3 aromatic carbocycles. The van der Waals surface area contributed by atoms with Crippen LogP contribution >= 0.6 is 0 Å². The molecule has 31 heavy (non-hydrogen) atoms. The van der Waals surface area contributed by atoms with Gasteiger partial charge in [-0.1, -0.05) is 42.5 Å². The fourth-order valence-corrected chi connectivity index (χ4v) is 5.64. The minimum Gasteiger partial charge on any atom is -0.302 e. The Morgan fingerprint density at radius 1 is 0.935 bits per heavy atom. The lowest BCUT2D eigenvalue weighted by Gasteiger charge is -2.21. The van der Waals surface area contributed by atoms with Gasteiger partial charge in [-0.15, -0.1) is 0 Å². The van der Waals surface area contributed by atoms with Crippen molar-refractivity contribution in [3.63, 3.8) is 0 Å². The molecule has 0 radical (unpaired) electrons. The van der Waals surface area contributed by atoms with Crippen LogP contribution in [0.3, 0.4) is 0 Å². The van der Waals surface area contributed by atoms with Crippen LogP contribution in [-0.2, 0) is 10.0 Å². The molecule has 2 heterocycles. The molecule has 1 aliphatic heterocycles. The smallest absolute Gasteiger partial charge is 0.270 e. The minimum absolute atomic E-state index is 0.000155. The number of rotatable bonds is 3. The van der Waals surface area contributed by atoms with E-state index in [1.165, 1.54) is 30.3 Å². The third kappa shape index (κ3) is 3.16. The predicted molar refractivity (Wildman–Crippen MR) is 118 cm³/mol. The van der Waals surface area contributed by atoms with Crippen LogP contribution in [0, 0.1) is 11.8 Å². The first-order valence-corrected chi connectivity index (χ1v) is 11.4. The summed E-state index contributed by atoms with van der Waals surface area (Å²) in [5, 5.41) is 1.60. The number of benzene rings is 3. The first-order chi connectivity index (χ1) is 14.9. The lowest BCUT2D eigenvalue weighted by atomic mass is 9.98. The third-order valence-corrected chi connectivity index (χ3v) is 7.52. The predicted octanol–water partition coefficient (Wildman–Crippen LogP) is 5.03. The van der Waals surface area contributed by atoms with Crippen molar-refractivity contribution in [1.82, 2.24) is 8.87 Å². The van der Waals surface area contributed by atoms with E-state index in [4.69, 9.17) is 0 Å². The van der Waals surface area contributed by atoms with Gasteiger partial charge in [0, 0.05) is 24.0 Å². The van der Waals surface area contributed by atoms with E-state index < -0.39 is 21.8 Å². The first kappa shape index (κ1) is 19.9. The van der Waals surface area contributed by atoms with Crippen molar-refractivity contribution in [3.05, 3.63) is 84.1 Å². The molecule has 0 atom stereocenters. The number of hydrogen-bond donors (Lipinski definition) is 0. The van der Waals surface area contributed by atoms with Crippen molar-refractivity contribution in [1.29, 1.82) is 0 Å². The van der Waals surface area contributed by atoms with Crippen LogP contribution in [0.25, 0.3) is 27.2 Å². The van der Waals surface area contributed by atoms with Gasteiger partial charge in [-0.25, -0.2) is 16.8 Å². The maximum Gasteiger partial charge on any atom is 0.270 e. The van der Waals surface area contributed by atoms with Gasteiger partial charge in [0.1, 0.15) is 5.82 Å². The Bertz CT molecular complexity index is 1470. The molecule has 7 heteroatoms. The van der Waals surface area contributed by atoms with Crippen LogP contribution in [0.4, 0.5) is 8.78 Å². The summed E-state index contributed by atoms with van der Waals surface area (Å²) in [5.74, 6) is -1.59. The van der Waals surface area contributed by atoms with Crippen molar-refractivity contribution in [2.45, 2.75) is 11.3 Å². The molecule has 0 aliphatic carbocycles. The second kappa shape index (κ2) is 7.28. The second-order valence-corrected chi connectivity index (χ2v) is 9.61. The molecule has 158 valence electrons. The molecular formula is C24H20F2N2O2S. The normalized spacial score (nSPS) is 15.5. The third-order valence-electron chi connectivity index (χ3n) is 5.84. The lowest BCUT2D eigenvalue weighted by molar-refractivity contribution is 0.369. The highest BCUT2D eigenvalue weighted by molar-refractivity contribution is 7.90. The number of hydrogen-bond acceptors (Lipinski definition) is 3. The van der Waals surface area contributed by atoms with Crippen LogP contribution in [0.2, 0.25) is 0 Å². The second-order valence-electron chi connectivity index (χ2n) is 7.82. The van der Waals surface area contributed by atoms with Crippen LogP contribution in [-0.4, -0.2) is 37.4 Å². The molecule has 0 unspecified atom stereocenters. The van der Waals surface area contributed by atoms with E-state index in [9.17, 15) is 12.8 Å². The molecule has 1 aromatic heterocycles. The topological polar surface area (TPSA) is 42.3 Å². The fourth-order valence-electron chi connectivity index (χ4n) is 4.20. The van der Waals surface area contributed by atoms with E-state index in [0.29, 0.717) is 29.1 Å². The Kier molecular flexibility index (Phi) is 4.68. The van der Waals surface area contributed by atoms with Crippen molar-refractivity contribution < 1.29 is 17.2 Å². The van der Waals surface area contributed by atoms with Crippen molar-refractivity contribution in [2.75, 3.05) is 20.1 Å². The number of nitrogens with zero attached hydrogens (tertiary/aromatic N) is 2. The Morgan fingerprint density at radius 2 is 1.71 bits per heavy atom. The average molecular weight is 438 g/mol. The number of fused-ring (bicyclic) bond motifs is 2. The summed E-state index contributed by atoms with van der Waals surface area (Å²) in [6.07, 6.45) is 2.34.